The number of carbonyl (C=O) groups is 2. The molecule has 0 fully saturated rings. The smallest absolute Gasteiger partial charge is 0.411 e. The van der Waals surface area contributed by atoms with E-state index in [1.54, 1.807) is 18.2 Å². The summed E-state index contributed by atoms with van der Waals surface area (Å²) in [6.07, 6.45) is 1.28. The monoisotopic (exact) mass is 394 g/mol. The quantitative estimate of drug-likeness (QED) is 0.732. The molecule has 0 saturated carbocycles. The van der Waals surface area contributed by atoms with Crippen molar-refractivity contribution in [2.75, 3.05) is 17.7 Å². The minimum Gasteiger partial charge on any atom is -0.482 e. The molecule has 0 radical (unpaired) electrons. The summed E-state index contributed by atoms with van der Waals surface area (Å²) in [5.74, 6) is -0.309. The van der Waals surface area contributed by atoms with Gasteiger partial charge in [-0.25, -0.2) is 9.18 Å². The van der Waals surface area contributed by atoms with Crippen LogP contribution in [0.15, 0.2) is 54.3 Å². The van der Waals surface area contributed by atoms with E-state index in [0.29, 0.717) is 28.3 Å². The van der Waals surface area contributed by atoms with Crippen molar-refractivity contribution in [3.8, 4) is 0 Å². The zero-order valence-electron chi connectivity index (χ0n) is 16.1. The first-order valence-electron chi connectivity index (χ1n) is 9.00. The fourth-order valence-corrected chi connectivity index (χ4v) is 3.51. The van der Waals surface area contributed by atoms with Gasteiger partial charge in [0.2, 0.25) is 0 Å². The van der Waals surface area contributed by atoms with E-state index in [2.05, 4.69) is 15.4 Å². The highest BCUT2D eigenvalue weighted by molar-refractivity contribution is 6.32. The molecular weight excluding hydrogens is 375 g/mol. The molecule has 2 amide bonds. The van der Waals surface area contributed by atoms with Crippen LogP contribution < -0.4 is 10.6 Å². The molecule has 2 aromatic carbocycles. The van der Waals surface area contributed by atoms with Crippen molar-refractivity contribution in [3.63, 3.8) is 0 Å². The summed E-state index contributed by atoms with van der Waals surface area (Å²) in [4.78, 5) is 23.8. The van der Waals surface area contributed by atoms with Gasteiger partial charge < -0.3 is 14.8 Å². The Morgan fingerprint density at radius 3 is 2.59 bits per heavy atom. The number of hydrogen-bond donors (Lipinski definition) is 2. The minimum absolute atomic E-state index is 0.327. The average Bonchev–Trinajstić information content (AvgIpc) is 3.16. The second-order valence-corrected chi connectivity index (χ2v) is 7.25. The molecule has 2 aliphatic heterocycles. The van der Waals surface area contributed by atoms with Crippen LogP contribution in [0, 0.1) is 5.82 Å². The number of allylic oxidation sites excluding steroid dienone is 1. The lowest BCUT2D eigenvalue weighted by Crippen LogP contribution is -2.21. The van der Waals surface area contributed by atoms with Gasteiger partial charge >= 0.3 is 6.09 Å². The first kappa shape index (κ1) is 18.7. The van der Waals surface area contributed by atoms with Crippen molar-refractivity contribution < 1.29 is 23.5 Å². The maximum absolute atomic E-state index is 13.5. The Kier molecular flexibility index (Phi) is 4.38. The normalized spacial score (nSPS) is 19.2. The van der Waals surface area contributed by atoms with Gasteiger partial charge in [-0.15, -0.1) is 0 Å². The van der Waals surface area contributed by atoms with Crippen molar-refractivity contribution in [2.45, 2.75) is 19.4 Å². The van der Waals surface area contributed by atoms with Gasteiger partial charge in [-0.2, -0.15) is 0 Å². The van der Waals surface area contributed by atoms with E-state index >= 15 is 0 Å². The Balaban J connectivity index is 1.72. The SMILES string of the molecule is COC(=O)Nc1ccc(C2=CC(=C3C(=O)Nc4cc(F)ccc43)OC2(C)C)cc1. The Labute approximate surface area is 167 Å². The van der Waals surface area contributed by atoms with Crippen LogP contribution in [-0.4, -0.2) is 24.7 Å². The summed E-state index contributed by atoms with van der Waals surface area (Å²) in [6.45, 7) is 3.82. The van der Waals surface area contributed by atoms with Gasteiger partial charge in [-0.1, -0.05) is 12.1 Å². The maximum atomic E-state index is 13.5. The average molecular weight is 394 g/mol. The number of halogens is 1. The molecule has 29 heavy (non-hydrogen) atoms. The van der Waals surface area contributed by atoms with E-state index in [9.17, 15) is 14.0 Å². The summed E-state index contributed by atoms with van der Waals surface area (Å²) in [7, 11) is 1.30. The molecule has 2 N–H and O–H groups in total. The second-order valence-electron chi connectivity index (χ2n) is 7.25. The fourth-order valence-electron chi connectivity index (χ4n) is 3.51. The van der Waals surface area contributed by atoms with Crippen molar-refractivity contribution in [1.82, 2.24) is 0 Å². The molecule has 2 aromatic rings. The molecular formula is C22H19FN2O4. The van der Waals surface area contributed by atoms with Crippen LogP contribution in [0.5, 0.6) is 0 Å². The van der Waals surface area contributed by atoms with Crippen LogP contribution in [0.3, 0.4) is 0 Å². The number of benzene rings is 2. The van der Waals surface area contributed by atoms with Gasteiger partial charge in [0, 0.05) is 16.8 Å². The molecule has 0 atom stereocenters. The van der Waals surface area contributed by atoms with E-state index in [1.165, 1.54) is 19.2 Å². The van der Waals surface area contributed by atoms with Crippen LogP contribution in [0.1, 0.15) is 25.0 Å². The maximum Gasteiger partial charge on any atom is 0.411 e. The molecule has 4 rings (SSSR count). The highest BCUT2D eigenvalue weighted by atomic mass is 19.1. The Morgan fingerprint density at radius 1 is 1.17 bits per heavy atom. The summed E-state index contributed by atoms with van der Waals surface area (Å²) < 4.78 is 24.2. The van der Waals surface area contributed by atoms with Crippen molar-refractivity contribution in [3.05, 3.63) is 71.2 Å². The molecule has 0 aromatic heterocycles. The van der Waals surface area contributed by atoms with Crippen LogP contribution in [-0.2, 0) is 14.3 Å². The Bertz CT molecular complexity index is 1080. The number of methoxy groups -OCH3 is 1. The predicted molar refractivity (Wildman–Crippen MR) is 108 cm³/mol. The molecule has 0 spiro atoms. The van der Waals surface area contributed by atoms with Gasteiger partial charge in [0.25, 0.3) is 5.91 Å². The highest BCUT2D eigenvalue weighted by Crippen LogP contribution is 2.44. The van der Waals surface area contributed by atoms with E-state index in [1.807, 2.05) is 32.1 Å². The van der Waals surface area contributed by atoms with Crippen LogP contribution in [0.2, 0.25) is 0 Å². The molecule has 6 nitrogen and oxygen atoms in total. The van der Waals surface area contributed by atoms with E-state index in [0.717, 1.165) is 11.1 Å². The topological polar surface area (TPSA) is 76.7 Å². The number of rotatable bonds is 2. The van der Waals surface area contributed by atoms with E-state index in [4.69, 9.17) is 4.74 Å². The van der Waals surface area contributed by atoms with Crippen molar-refractivity contribution in [2.24, 2.45) is 0 Å². The molecule has 0 bridgehead atoms. The Morgan fingerprint density at radius 2 is 1.90 bits per heavy atom. The summed E-state index contributed by atoms with van der Waals surface area (Å²) in [5.41, 5.74) is 3.11. The lowest BCUT2D eigenvalue weighted by molar-refractivity contribution is -0.111. The molecule has 7 heteroatoms. The van der Waals surface area contributed by atoms with Crippen LogP contribution >= 0.6 is 0 Å². The predicted octanol–water partition coefficient (Wildman–Crippen LogP) is 4.56. The number of amides is 2. The summed E-state index contributed by atoms with van der Waals surface area (Å²) in [6, 6.07) is 11.4. The van der Waals surface area contributed by atoms with Crippen molar-refractivity contribution >= 4 is 34.5 Å². The summed E-state index contributed by atoms with van der Waals surface area (Å²) >= 11 is 0. The van der Waals surface area contributed by atoms with Crippen LogP contribution in [0.25, 0.3) is 11.1 Å². The van der Waals surface area contributed by atoms with Gasteiger partial charge in [0.1, 0.15) is 17.2 Å². The minimum atomic E-state index is -0.678. The third-order valence-corrected chi connectivity index (χ3v) is 4.89. The molecule has 2 heterocycles. The highest BCUT2D eigenvalue weighted by Gasteiger charge is 2.38. The fraction of sp³-hybridized carbons (Fsp3) is 0.182. The number of hydrogen-bond acceptors (Lipinski definition) is 4. The molecule has 2 aliphatic rings. The van der Waals surface area contributed by atoms with Crippen LogP contribution in [0.4, 0.5) is 20.6 Å². The lowest BCUT2D eigenvalue weighted by Gasteiger charge is -2.23. The number of ether oxygens (including phenoxy) is 2. The van der Waals surface area contributed by atoms with Gasteiger partial charge in [0.15, 0.2) is 0 Å². The van der Waals surface area contributed by atoms with Gasteiger partial charge in [0.05, 0.1) is 18.4 Å². The molecule has 0 unspecified atom stereocenters. The summed E-state index contributed by atoms with van der Waals surface area (Å²) in [5, 5.41) is 5.28. The molecule has 148 valence electrons. The van der Waals surface area contributed by atoms with E-state index in [-0.39, 0.29) is 5.91 Å². The second kappa shape index (κ2) is 6.77. The third-order valence-electron chi connectivity index (χ3n) is 4.89. The molecule has 0 saturated heterocycles. The van der Waals surface area contributed by atoms with Gasteiger partial charge in [-0.05, 0) is 55.8 Å². The first-order chi connectivity index (χ1) is 13.8. The number of fused-ring (bicyclic) bond motifs is 1. The van der Waals surface area contributed by atoms with Gasteiger partial charge in [-0.3, -0.25) is 10.1 Å². The largest absolute Gasteiger partial charge is 0.482 e. The van der Waals surface area contributed by atoms with E-state index < -0.39 is 17.5 Å². The zero-order chi connectivity index (χ0) is 20.8. The first-order valence-corrected chi connectivity index (χ1v) is 9.00. The lowest BCUT2D eigenvalue weighted by atomic mass is 9.92. The number of carbonyl (C=O) groups excluding carboxylic acids is 2. The third kappa shape index (κ3) is 3.35. The standard InChI is InChI=1S/C22H19FN2O4/c1-22(2)16(12-4-7-14(8-5-12)24-21(27)28-3)11-18(29-22)19-15-9-6-13(23)10-17(15)25-20(19)26/h4-11H,1-3H3,(H,24,27)(H,25,26). The number of nitrogens with one attached hydrogen (secondary N) is 2. The van der Waals surface area contributed by atoms with Crippen molar-refractivity contribution in [1.29, 1.82) is 0 Å². The molecule has 0 aliphatic carbocycles. The zero-order valence-corrected chi connectivity index (χ0v) is 16.1. The number of anilines is 2. The Hall–Kier alpha value is -3.61.